The van der Waals surface area contributed by atoms with Crippen molar-refractivity contribution in [3.05, 3.63) is 16.1 Å². The Morgan fingerprint density at radius 1 is 1.04 bits per heavy atom. The van der Waals surface area contributed by atoms with Gasteiger partial charge in [-0.15, -0.1) is 11.3 Å². The van der Waals surface area contributed by atoms with Crippen molar-refractivity contribution in [2.75, 3.05) is 39.4 Å². The lowest BCUT2D eigenvalue weighted by molar-refractivity contribution is -0.137. The zero-order valence-corrected chi connectivity index (χ0v) is 17.2. The minimum atomic E-state index is -0.144. The number of piperidine rings is 1. The average molecular weight is 407 g/mol. The van der Waals surface area contributed by atoms with Gasteiger partial charge in [-0.2, -0.15) is 0 Å². The van der Waals surface area contributed by atoms with E-state index in [-0.39, 0.29) is 11.8 Å². The lowest BCUT2D eigenvalue weighted by atomic mass is 9.87. The third-order valence-electron chi connectivity index (χ3n) is 6.14. The van der Waals surface area contributed by atoms with Crippen LogP contribution in [-0.2, 0) is 9.53 Å². The average Bonchev–Trinajstić information content (AvgIpc) is 3.25. The van der Waals surface area contributed by atoms with Gasteiger partial charge in [0, 0.05) is 43.4 Å². The number of ether oxygens (including phenoxy) is 1. The van der Waals surface area contributed by atoms with Gasteiger partial charge in [-0.05, 0) is 25.7 Å². The monoisotopic (exact) mass is 406 g/mol. The van der Waals surface area contributed by atoms with E-state index in [4.69, 9.17) is 4.74 Å². The van der Waals surface area contributed by atoms with Crippen LogP contribution in [0.15, 0.2) is 5.38 Å². The van der Waals surface area contributed by atoms with Gasteiger partial charge in [-0.25, -0.2) is 9.99 Å². The molecule has 0 atom stereocenters. The maximum atomic E-state index is 12.7. The van der Waals surface area contributed by atoms with Gasteiger partial charge in [0.15, 0.2) is 0 Å². The SMILES string of the molecule is O=C(NN1CCOCC1)c1csc(C2CCN(C(=O)C3CCCCC3)CC2)n1. The number of hydrogen-bond donors (Lipinski definition) is 1. The predicted molar refractivity (Wildman–Crippen MR) is 107 cm³/mol. The molecule has 4 rings (SSSR count). The Kier molecular flexibility index (Phi) is 6.59. The number of morpholine rings is 1. The molecule has 0 spiro atoms. The molecule has 0 radical (unpaired) electrons. The minimum absolute atomic E-state index is 0.144. The molecule has 2 amide bonds. The molecular weight excluding hydrogens is 376 g/mol. The number of carbonyl (C=O) groups excluding carboxylic acids is 2. The van der Waals surface area contributed by atoms with E-state index in [1.54, 1.807) is 11.3 Å². The summed E-state index contributed by atoms with van der Waals surface area (Å²) in [6, 6.07) is 0. The van der Waals surface area contributed by atoms with Crippen LogP contribution in [-0.4, -0.2) is 66.1 Å². The molecule has 1 saturated carbocycles. The molecule has 2 aliphatic heterocycles. The van der Waals surface area contributed by atoms with Crippen molar-refractivity contribution in [1.82, 2.24) is 20.3 Å². The van der Waals surface area contributed by atoms with Crippen molar-refractivity contribution in [2.24, 2.45) is 5.92 Å². The van der Waals surface area contributed by atoms with Gasteiger partial charge in [0.2, 0.25) is 5.91 Å². The van der Waals surface area contributed by atoms with Crippen molar-refractivity contribution in [2.45, 2.75) is 50.9 Å². The van der Waals surface area contributed by atoms with Crippen LogP contribution in [0.2, 0.25) is 0 Å². The Bertz CT molecular complexity index is 675. The van der Waals surface area contributed by atoms with Gasteiger partial charge in [-0.3, -0.25) is 15.0 Å². The second-order valence-corrected chi connectivity index (χ2v) is 8.94. The van der Waals surface area contributed by atoms with Crippen LogP contribution in [0.1, 0.15) is 66.4 Å². The first-order valence-electron chi connectivity index (χ1n) is 10.6. The lowest BCUT2D eigenvalue weighted by Crippen LogP contribution is -2.48. The van der Waals surface area contributed by atoms with E-state index in [2.05, 4.69) is 15.3 Å². The van der Waals surface area contributed by atoms with Crippen molar-refractivity contribution >= 4 is 23.2 Å². The summed E-state index contributed by atoms with van der Waals surface area (Å²) in [7, 11) is 0. The van der Waals surface area contributed by atoms with Gasteiger partial charge >= 0.3 is 0 Å². The number of rotatable bonds is 4. The third kappa shape index (κ3) is 4.72. The summed E-state index contributed by atoms with van der Waals surface area (Å²) in [5.74, 6) is 0.822. The van der Waals surface area contributed by atoms with Crippen molar-refractivity contribution in [1.29, 1.82) is 0 Å². The number of likely N-dealkylation sites (tertiary alicyclic amines) is 1. The van der Waals surface area contributed by atoms with Crippen LogP contribution < -0.4 is 5.43 Å². The summed E-state index contributed by atoms with van der Waals surface area (Å²) in [5, 5.41) is 4.77. The van der Waals surface area contributed by atoms with E-state index in [0.717, 1.165) is 43.8 Å². The fourth-order valence-corrected chi connectivity index (χ4v) is 5.38. The van der Waals surface area contributed by atoms with E-state index in [1.165, 1.54) is 19.3 Å². The highest BCUT2D eigenvalue weighted by Gasteiger charge is 2.30. The maximum Gasteiger partial charge on any atom is 0.285 e. The molecule has 3 heterocycles. The summed E-state index contributed by atoms with van der Waals surface area (Å²) >= 11 is 1.57. The van der Waals surface area contributed by atoms with Crippen LogP contribution in [0.25, 0.3) is 0 Å². The quantitative estimate of drug-likeness (QED) is 0.831. The number of nitrogens with one attached hydrogen (secondary N) is 1. The molecule has 7 nitrogen and oxygen atoms in total. The largest absolute Gasteiger partial charge is 0.379 e. The van der Waals surface area contributed by atoms with Gasteiger partial charge in [0.25, 0.3) is 5.91 Å². The zero-order valence-electron chi connectivity index (χ0n) is 16.4. The fourth-order valence-electron chi connectivity index (χ4n) is 4.41. The number of thiazole rings is 1. The molecule has 1 aromatic rings. The molecule has 3 aliphatic rings. The molecular formula is C20H30N4O3S. The zero-order chi connectivity index (χ0) is 19.3. The molecule has 1 aromatic heterocycles. The Morgan fingerprint density at radius 3 is 2.46 bits per heavy atom. The molecule has 1 aliphatic carbocycles. The van der Waals surface area contributed by atoms with E-state index >= 15 is 0 Å². The van der Waals surface area contributed by atoms with Crippen LogP contribution in [0.5, 0.6) is 0 Å². The molecule has 1 N–H and O–H groups in total. The van der Waals surface area contributed by atoms with Gasteiger partial charge in [0.05, 0.1) is 18.2 Å². The summed E-state index contributed by atoms with van der Waals surface area (Å²) in [6.45, 7) is 4.32. The van der Waals surface area contributed by atoms with Gasteiger partial charge in [0.1, 0.15) is 5.69 Å². The van der Waals surface area contributed by atoms with Gasteiger partial charge < -0.3 is 9.64 Å². The molecule has 2 saturated heterocycles. The maximum absolute atomic E-state index is 12.7. The second kappa shape index (κ2) is 9.33. The number of carbonyl (C=O) groups is 2. The first-order valence-corrected chi connectivity index (χ1v) is 11.5. The van der Waals surface area contributed by atoms with Crippen molar-refractivity contribution < 1.29 is 14.3 Å². The number of nitrogens with zero attached hydrogens (tertiary/aromatic N) is 3. The van der Waals surface area contributed by atoms with Crippen LogP contribution in [0.3, 0.4) is 0 Å². The molecule has 0 unspecified atom stereocenters. The van der Waals surface area contributed by atoms with E-state index in [9.17, 15) is 9.59 Å². The predicted octanol–water partition coefficient (Wildman–Crippen LogP) is 2.41. The first-order chi connectivity index (χ1) is 13.7. The van der Waals surface area contributed by atoms with Crippen LogP contribution in [0.4, 0.5) is 0 Å². The highest BCUT2D eigenvalue weighted by molar-refractivity contribution is 7.09. The lowest BCUT2D eigenvalue weighted by Gasteiger charge is -2.34. The summed E-state index contributed by atoms with van der Waals surface area (Å²) in [4.78, 5) is 31.8. The second-order valence-electron chi connectivity index (χ2n) is 8.05. The Labute approximate surface area is 170 Å². The summed E-state index contributed by atoms with van der Waals surface area (Å²) in [6.07, 6.45) is 7.67. The third-order valence-corrected chi connectivity index (χ3v) is 7.14. The molecule has 154 valence electrons. The summed E-state index contributed by atoms with van der Waals surface area (Å²) in [5.41, 5.74) is 3.41. The van der Waals surface area contributed by atoms with E-state index < -0.39 is 0 Å². The van der Waals surface area contributed by atoms with E-state index in [0.29, 0.717) is 43.8 Å². The Hall–Kier alpha value is -1.51. The molecule has 28 heavy (non-hydrogen) atoms. The highest BCUT2D eigenvalue weighted by atomic mass is 32.1. The van der Waals surface area contributed by atoms with Crippen molar-refractivity contribution in [3.63, 3.8) is 0 Å². The smallest absolute Gasteiger partial charge is 0.285 e. The summed E-state index contributed by atoms with van der Waals surface area (Å²) < 4.78 is 5.30. The standard InChI is InChI=1S/C20H30N4O3S/c25-18(22-24-10-12-27-13-11-24)17-14-28-19(21-17)15-6-8-23(9-7-15)20(26)16-4-2-1-3-5-16/h14-16H,1-13H2,(H,22,25). The van der Waals surface area contributed by atoms with Crippen LogP contribution >= 0.6 is 11.3 Å². The Morgan fingerprint density at radius 2 is 1.75 bits per heavy atom. The first kappa shape index (κ1) is 19.8. The van der Waals surface area contributed by atoms with Gasteiger partial charge in [-0.1, -0.05) is 19.3 Å². The van der Waals surface area contributed by atoms with Crippen molar-refractivity contribution in [3.8, 4) is 0 Å². The molecule has 0 bridgehead atoms. The fraction of sp³-hybridized carbons (Fsp3) is 0.750. The Balaban J connectivity index is 1.28. The molecule has 0 aromatic carbocycles. The van der Waals surface area contributed by atoms with Crippen LogP contribution in [0, 0.1) is 5.92 Å². The minimum Gasteiger partial charge on any atom is -0.379 e. The number of aromatic nitrogens is 1. The highest BCUT2D eigenvalue weighted by Crippen LogP contribution is 2.32. The number of hydrogen-bond acceptors (Lipinski definition) is 6. The number of amides is 2. The topological polar surface area (TPSA) is 74.8 Å². The molecule has 3 fully saturated rings. The van der Waals surface area contributed by atoms with E-state index in [1.807, 2.05) is 10.4 Å². The number of hydrazine groups is 1. The normalized spacial score (nSPS) is 22.9. The molecule has 8 heteroatoms.